The van der Waals surface area contributed by atoms with Crippen molar-refractivity contribution in [3.63, 3.8) is 0 Å². The number of carbonyl (C=O) groups excluding carboxylic acids is 2. The second-order valence-corrected chi connectivity index (χ2v) is 6.46. The maximum atomic E-state index is 14.8. The van der Waals surface area contributed by atoms with E-state index in [0.29, 0.717) is 0 Å². The lowest BCUT2D eigenvalue weighted by Gasteiger charge is -2.24. The Bertz CT molecular complexity index is 735. The standard InChI is InChI=1S/C18H17BrFNO4/c1-25-16(23)14-9-7-13(8-10-14)15(22)18(19,20)17(24)21-11-12-5-3-2-4-6-12/h2-10,15,22H,11H2,1H3,(H,21,24)/t15-,18-/m1/s1. The van der Waals surface area contributed by atoms with E-state index < -0.39 is 22.6 Å². The molecular weight excluding hydrogens is 393 g/mol. The Kier molecular flexibility index (Phi) is 6.27. The van der Waals surface area contributed by atoms with Crippen LogP contribution < -0.4 is 5.32 Å². The van der Waals surface area contributed by atoms with E-state index in [1.807, 2.05) is 6.07 Å². The van der Waals surface area contributed by atoms with Crippen LogP contribution in [0.3, 0.4) is 0 Å². The molecule has 2 atom stereocenters. The van der Waals surface area contributed by atoms with Crippen molar-refractivity contribution in [1.29, 1.82) is 0 Å². The van der Waals surface area contributed by atoms with Gasteiger partial charge in [0.15, 0.2) is 0 Å². The van der Waals surface area contributed by atoms with Crippen LogP contribution in [-0.4, -0.2) is 28.7 Å². The molecule has 25 heavy (non-hydrogen) atoms. The summed E-state index contributed by atoms with van der Waals surface area (Å²) in [5.74, 6) is -1.55. The number of nitrogens with one attached hydrogen (secondary N) is 1. The van der Waals surface area contributed by atoms with Crippen LogP contribution in [0.4, 0.5) is 4.39 Å². The molecule has 7 heteroatoms. The fourth-order valence-electron chi connectivity index (χ4n) is 2.15. The second kappa shape index (κ2) is 8.22. The number of hydrogen-bond donors (Lipinski definition) is 2. The first-order valence-corrected chi connectivity index (χ1v) is 8.22. The van der Waals surface area contributed by atoms with Gasteiger partial charge in [-0.3, -0.25) is 4.79 Å². The monoisotopic (exact) mass is 409 g/mol. The summed E-state index contributed by atoms with van der Waals surface area (Å²) in [5, 5.41) is 12.6. The first-order chi connectivity index (χ1) is 11.9. The molecule has 2 aromatic rings. The lowest BCUT2D eigenvalue weighted by molar-refractivity contribution is -0.132. The van der Waals surface area contributed by atoms with Crippen molar-refractivity contribution >= 4 is 27.8 Å². The molecular formula is C18H17BrFNO4. The highest BCUT2D eigenvalue weighted by Crippen LogP contribution is 2.35. The summed E-state index contributed by atoms with van der Waals surface area (Å²) in [6.45, 7) is 0.130. The number of carbonyl (C=O) groups is 2. The summed E-state index contributed by atoms with van der Waals surface area (Å²) in [6.07, 6.45) is -1.75. The van der Waals surface area contributed by atoms with Gasteiger partial charge in [0.05, 0.1) is 12.7 Å². The lowest BCUT2D eigenvalue weighted by Crippen LogP contribution is -2.42. The summed E-state index contributed by atoms with van der Waals surface area (Å²) in [6, 6.07) is 14.5. The molecule has 5 nitrogen and oxygen atoms in total. The van der Waals surface area contributed by atoms with Gasteiger partial charge in [-0.15, -0.1) is 0 Å². The number of halogens is 2. The van der Waals surface area contributed by atoms with E-state index in [-0.39, 0.29) is 17.7 Å². The third kappa shape index (κ3) is 4.64. The molecule has 0 radical (unpaired) electrons. The van der Waals surface area contributed by atoms with Crippen molar-refractivity contribution in [3.8, 4) is 0 Å². The third-order valence-electron chi connectivity index (χ3n) is 3.59. The topological polar surface area (TPSA) is 75.6 Å². The van der Waals surface area contributed by atoms with Gasteiger partial charge in [0.2, 0.25) is 0 Å². The first-order valence-electron chi connectivity index (χ1n) is 7.42. The quantitative estimate of drug-likeness (QED) is 0.568. The van der Waals surface area contributed by atoms with Crippen molar-refractivity contribution in [2.45, 2.75) is 17.2 Å². The number of aliphatic hydroxyl groups excluding tert-OH is 1. The third-order valence-corrected chi connectivity index (χ3v) is 4.38. The second-order valence-electron chi connectivity index (χ2n) is 5.31. The molecule has 0 unspecified atom stereocenters. The Morgan fingerprint density at radius 2 is 1.80 bits per heavy atom. The number of benzene rings is 2. The van der Waals surface area contributed by atoms with Crippen LogP contribution in [-0.2, 0) is 16.1 Å². The average Bonchev–Trinajstić information content (AvgIpc) is 2.65. The Morgan fingerprint density at radius 3 is 2.36 bits per heavy atom. The molecule has 2 rings (SSSR count). The Balaban J connectivity index is 2.06. The molecule has 2 N–H and O–H groups in total. The molecule has 0 spiro atoms. The first kappa shape index (κ1) is 19.1. The summed E-state index contributed by atoms with van der Waals surface area (Å²) in [5.41, 5.74) is 1.20. The van der Waals surface area contributed by atoms with E-state index in [1.54, 1.807) is 24.3 Å². The molecule has 0 heterocycles. The fourth-order valence-corrected chi connectivity index (χ4v) is 2.55. The van der Waals surface area contributed by atoms with E-state index in [2.05, 4.69) is 26.0 Å². The highest BCUT2D eigenvalue weighted by Gasteiger charge is 2.44. The average molecular weight is 410 g/mol. The maximum Gasteiger partial charge on any atom is 0.337 e. The zero-order valence-electron chi connectivity index (χ0n) is 13.4. The van der Waals surface area contributed by atoms with Crippen LogP contribution >= 0.6 is 15.9 Å². The van der Waals surface area contributed by atoms with Gasteiger partial charge in [0, 0.05) is 6.54 Å². The highest BCUT2D eigenvalue weighted by molar-refractivity contribution is 9.10. The van der Waals surface area contributed by atoms with Crippen LogP contribution in [0.15, 0.2) is 54.6 Å². The van der Waals surface area contributed by atoms with Gasteiger partial charge in [0.1, 0.15) is 6.10 Å². The fraction of sp³-hybridized carbons (Fsp3) is 0.222. The van der Waals surface area contributed by atoms with Crippen LogP contribution in [0.1, 0.15) is 27.6 Å². The number of amides is 1. The summed E-state index contributed by atoms with van der Waals surface area (Å²) in [7, 11) is 1.24. The van der Waals surface area contributed by atoms with Crippen molar-refractivity contribution in [1.82, 2.24) is 5.32 Å². The zero-order chi connectivity index (χ0) is 18.4. The predicted molar refractivity (Wildman–Crippen MR) is 93.8 cm³/mol. The van der Waals surface area contributed by atoms with Crippen molar-refractivity contribution in [3.05, 3.63) is 71.3 Å². The van der Waals surface area contributed by atoms with Gasteiger partial charge >= 0.3 is 5.97 Å². The van der Waals surface area contributed by atoms with E-state index in [4.69, 9.17) is 0 Å². The molecule has 0 aliphatic carbocycles. The van der Waals surface area contributed by atoms with E-state index in [1.165, 1.54) is 31.4 Å². The molecule has 2 aromatic carbocycles. The maximum absolute atomic E-state index is 14.8. The molecule has 0 aromatic heterocycles. The minimum absolute atomic E-state index is 0.130. The van der Waals surface area contributed by atoms with Crippen LogP contribution in [0.25, 0.3) is 0 Å². The van der Waals surface area contributed by atoms with Gasteiger partial charge in [-0.2, -0.15) is 0 Å². The van der Waals surface area contributed by atoms with Gasteiger partial charge < -0.3 is 15.2 Å². The molecule has 0 aliphatic heterocycles. The molecule has 0 aliphatic rings. The van der Waals surface area contributed by atoms with E-state index >= 15 is 0 Å². The summed E-state index contributed by atoms with van der Waals surface area (Å²) >= 11 is 2.66. The molecule has 0 saturated carbocycles. The van der Waals surface area contributed by atoms with Crippen molar-refractivity contribution in [2.24, 2.45) is 0 Å². The molecule has 0 bridgehead atoms. The molecule has 1 amide bonds. The Morgan fingerprint density at radius 1 is 1.20 bits per heavy atom. The highest BCUT2D eigenvalue weighted by atomic mass is 79.9. The van der Waals surface area contributed by atoms with Crippen LogP contribution in [0.5, 0.6) is 0 Å². The zero-order valence-corrected chi connectivity index (χ0v) is 15.0. The summed E-state index contributed by atoms with van der Waals surface area (Å²) in [4.78, 5) is 23.5. The molecule has 0 saturated heterocycles. The number of methoxy groups -OCH3 is 1. The minimum Gasteiger partial charge on any atom is -0.465 e. The van der Waals surface area contributed by atoms with E-state index in [0.717, 1.165) is 5.56 Å². The number of hydrogen-bond acceptors (Lipinski definition) is 4. The van der Waals surface area contributed by atoms with Crippen molar-refractivity contribution < 1.29 is 23.8 Å². The SMILES string of the molecule is COC(=O)c1ccc([C@@H](O)[C@](F)(Br)C(=O)NCc2ccccc2)cc1. The van der Waals surface area contributed by atoms with E-state index in [9.17, 15) is 19.1 Å². The van der Waals surface area contributed by atoms with Gasteiger partial charge in [-0.1, -0.05) is 42.5 Å². The number of rotatable bonds is 6. The lowest BCUT2D eigenvalue weighted by atomic mass is 10.0. The summed E-state index contributed by atoms with van der Waals surface area (Å²) < 4.78 is 16.6. The number of ether oxygens (including phenoxy) is 1. The van der Waals surface area contributed by atoms with Gasteiger partial charge in [-0.25, -0.2) is 9.18 Å². The number of aliphatic hydroxyl groups is 1. The normalized spacial score (nSPS) is 14.2. The Hall–Kier alpha value is -2.25. The molecule has 132 valence electrons. The largest absolute Gasteiger partial charge is 0.465 e. The van der Waals surface area contributed by atoms with Gasteiger partial charge in [-0.05, 0) is 39.2 Å². The van der Waals surface area contributed by atoms with Crippen LogP contribution in [0.2, 0.25) is 0 Å². The van der Waals surface area contributed by atoms with Gasteiger partial charge in [0.25, 0.3) is 10.5 Å². The minimum atomic E-state index is -2.71. The number of alkyl halides is 2. The van der Waals surface area contributed by atoms with Crippen molar-refractivity contribution in [2.75, 3.05) is 7.11 Å². The smallest absolute Gasteiger partial charge is 0.337 e. The van der Waals surface area contributed by atoms with Crippen LogP contribution in [0, 0.1) is 0 Å². The predicted octanol–water partition coefficient (Wildman–Crippen LogP) is 2.88. The Labute approximate surface area is 152 Å². The number of esters is 1. The molecule has 0 fully saturated rings.